The van der Waals surface area contributed by atoms with Crippen LogP contribution in [0, 0.1) is 6.92 Å². The van der Waals surface area contributed by atoms with E-state index >= 15 is 0 Å². The monoisotopic (exact) mass is 325 g/mol. The summed E-state index contributed by atoms with van der Waals surface area (Å²) in [6, 6.07) is 19.1. The highest BCUT2D eigenvalue weighted by molar-refractivity contribution is 6.30. The van der Waals surface area contributed by atoms with Crippen molar-refractivity contribution >= 4 is 34.0 Å². The zero-order valence-electron chi connectivity index (χ0n) is 12.7. The van der Waals surface area contributed by atoms with Gasteiger partial charge in [0.15, 0.2) is 6.61 Å². The average Bonchev–Trinajstić information content (AvgIpc) is 2.55. The normalized spacial score (nSPS) is 10.5. The van der Waals surface area contributed by atoms with E-state index in [1.165, 1.54) is 0 Å². The van der Waals surface area contributed by atoms with Crippen LogP contribution in [0.3, 0.4) is 0 Å². The quantitative estimate of drug-likeness (QED) is 0.747. The molecule has 3 rings (SSSR count). The summed E-state index contributed by atoms with van der Waals surface area (Å²) in [5, 5.41) is 5.69. The zero-order chi connectivity index (χ0) is 16.2. The van der Waals surface area contributed by atoms with E-state index in [0.717, 1.165) is 22.0 Å². The van der Waals surface area contributed by atoms with E-state index in [9.17, 15) is 4.79 Å². The van der Waals surface area contributed by atoms with Crippen LogP contribution in [-0.2, 0) is 4.79 Å². The van der Waals surface area contributed by atoms with Crippen molar-refractivity contribution < 1.29 is 9.53 Å². The minimum atomic E-state index is -0.205. The third-order valence-electron chi connectivity index (χ3n) is 3.55. The fourth-order valence-corrected chi connectivity index (χ4v) is 2.59. The maximum atomic E-state index is 12.0. The van der Waals surface area contributed by atoms with Crippen molar-refractivity contribution in [3.8, 4) is 5.75 Å². The van der Waals surface area contributed by atoms with Gasteiger partial charge in [-0.25, -0.2) is 0 Å². The molecular weight excluding hydrogens is 310 g/mol. The number of hydrogen-bond acceptors (Lipinski definition) is 2. The first-order valence-corrected chi connectivity index (χ1v) is 7.67. The molecule has 0 aliphatic heterocycles. The van der Waals surface area contributed by atoms with E-state index in [0.29, 0.717) is 10.8 Å². The summed E-state index contributed by atoms with van der Waals surface area (Å²) < 4.78 is 5.57. The van der Waals surface area contributed by atoms with Crippen LogP contribution >= 0.6 is 11.6 Å². The van der Waals surface area contributed by atoms with E-state index in [-0.39, 0.29) is 12.5 Å². The third kappa shape index (κ3) is 3.82. The highest BCUT2D eigenvalue weighted by atomic mass is 35.5. The molecule has 0 aromatic heterocycles. The largest absolute Gasteiger partial charge is 0.484 e. The molecule has 0 saturated carbocycles. The summed E-state index contributed by atoms with van der Waals surface area (Å²) in [5.41, 5.74) is 1.65. The molecule has 0 bridgehead atoms. The van der Waals surface area contributed by atoms with Gasteiger partial charge in [0.05, 0.1) is 0 Å². The average molecular weight is 326 g/mol. The van der Waals surface area contributed by atoms with Gasteiger partial charge in [0.2, 0.25) is 0 Å². The maximum Gasteiger partial charge on any atom is 0.262 e. The lowest BCUT2D eigenvalue weighted by molar-refractivity contribution is -0.118. The van der Waals surface area contributed by atoms with Gasteiger partial charge in [-0.3, -0.25) is 4.79 Å². The van der Waals surface area contributed by atoms with E-state index < -0.39 is 0 Å². The predicted octanol–water partition coefficient (Wildman–Crippen LogP) is 4.82. The molecule has 4 heteroatoms. The Kier molecular flexibility index (Phi) is 4.49. The van der Waals surface area contributed by atoms with Crippen molar-refractivity contribution in [2.24, 2.45) is 0 Å². The van der Waals surface area contributed by atoms with Crippen molar-refractivity contribution in [1.29, 1.82) is 0 Å². The number of aryl methyl sites for hydroxylation is 1. The maximum absolute atomic E-state index is 12.0. The van der Waals surface area contributed by atoms with Crippen molar-refractivity contribution in [1.82, 2.24) is 0 Å². The highest BCUT2D eigenvalue weighted by Crippen LogP contribution is 2.21. The SMILES string of the molecule is Cc1cc(Cl)ccc1NC(=O)COc1ccc2ccccc2c1. The lowest BCUT2D eigenvalue weighted by Gasteiger charge is -2.10. The van der Waals surface area contributed by atoms with Gasteiger partial charge in [-0.15, -0.1) is 0 Å². The van der Waals surface area contributed by atoms with E-state index in [1.54, 1.807) is 18.2 Å². The van der Waals surface area contributed by atoms with Crippen LogP contribution in [0.25, 0.3) is 10.8 Å². The second-order valence-corrected chi connectivity index (χ2v) is 5.74. The van der Waals surface area contributed by atoms with Crippen LogP contribution in [0.15, 0.2) is 60.7 Å². The Bertz CT molecular complexity index is 861. The molecule has 116 valence electrons. The highest BCUT2D eigenvalue weighted by Gasteiger charge is 2.06. The molecule has 0 radical (unpaired) electrons. The molecule has 0 fully saturated rings. The fourth-order valence-electron chi connectivity index (χ4n) is 2.36. The van der Waals surface area contributed by atoms with Gasteiger partial charge < -0.3 is 10.1 Å². The van der Waals surface area contributed by atoms with E-state index in [4.69, 9.17) is 16.3 Å². The number of amides is 1. The Morgan fingerprint density at radius 2 is 1.83 bits per heavy atom. The lowest BCUT2D eigenvalue weighted by atomic mass is 10.1. The van der Waals surface area contributed by atoms with Crippen molar-refractivity contribution in [2.45, 2.75) is 6.92 Å². The van der Waals surface area contributed by atoms with Crippen molar-refractivity contribution in [3.05, 3.63) is 71.2 Å². The Labute approximate surface area is 139 Å². The summed E-state index contributed by atoms with van der Waals surface area (Å²) in [6.07, 6.45) is 0. The molecule has 0 atom stereocenters. The van der Waals surface area contributed by atoms with Crippen LogP contribution in [0.4, 0.5) is 5.69 Å². The van der Waals surface area contributed by atoms with E-state index in [1.807, 2.05) is 49.4 Å². The standard InChI is InChI=1S/C19H16ClNO2/c1-13-10-16(20)7-9-18(13)21-19(22)12-23-17-8-6-14-4-2-3-5-15(14)11-17/h2-11H,12H2,1H3,(H,21,22). The number of nitrogens with one attached hydrogen (secondary N) is 1. The summed E-state index contributed by atoms with van der Waals surface area (Å²) >= 11 is 5.91. The number of fused-ring (bicyclic) bond motifs is 1. The Hall–Kier alpha value is -2.52. The number of rotatable bonds is 4. The van der Waals surface area contributed by atoms with Gasteiger partial charge in [0.1, 0.15) is 5.75 Å². The molecule has 0 unspecified atom stereocenters. The van der Waals surface area contributed by atoms with Crippen LogP contribution in [0.5, 0.6) is 5.75 Å². The third-order valence-corrected chi connectivity index (χ3v) is 3.79. The molecule has 23 heavy (non-hydrogen) atoms. The summed E-state index contributed by atoms with van der Waals surface area (Å²) in [7, 11) is 0. The molecule has 0 aliphatic carbocycles. The number of ether oxygens (including phenoxy) is 1. The summed E-state index contributed by atoms with van der Waals surface area (Å²) in [5.74, 6) is 0.468. The van der Waals surface area contributed by atoms with E-state index in [2.05, 4.69) is 5.32 Å². The van der Waals surface area contributed by atoms with Crippen LogP contribution < -0.4 is 10.1 Å². The van der Waals surface area contributed by atoms with Gasteiger partial charge >= 0.3 is 0 Å². The number of anilines is 1. The molecule has 3 nitrogen and oxygen atoms in total. The number of benzene rings is 3. The Morgan fingerprint density at radius 1 is 1.04 bits per heavy atom. The molecule has 0 spiro atoms. The van der Waals surface area contributed by atoms with Gasteiger partial charge in [-0.1, -0.05) is 41.9 Å². The van der Waals surface area contributed by atoms with Crippen LogP contribution in [0.2, 0.25) is 5.02 Å². The van der Waals surface area contributed by atoms with Gasteiger partial charge in [-0.05, 0) is 53.6 Å². The first-order chi connectivity index (χ1) is 11.1. The molecule has 3 aromatic carbocycles. The minimum absolute atomic E-state index is 0.0413. The predicted molar refractivity (Wildman–Crippen MR) is 94.3 cm³/mol. The smallest absolute Gasteiger partial charge is 0.262 e. The van der Waals surface area contributed by atoms with Crippen LogP contribution in [-0.4, -0.2) is 12.5 Å². The summed E-state index contributed by atoms with van der Waals surface area (Å²) in [6.45, 7) is 1.85. The first-order valence-electron chi connectivity index (χ1n) is 7.29. The molecular formula is C19H16ClNO2. The number of carbonyl (C=O) groups is 1. The molecule has 0 saturated heterocycles. The lowest BCUT2D eigenvalue weighted by Crippen LogP contribution is -2.20. The number of carbonyl (C=O) groups excluding carboxylic acids is 1. The Morgan fingerprint density at radius 3 is 2.61 bits per heavy atom. The van der Waals surface area contributed by atoms with Crippen molar-refractivity contribution in [3.63, 3.8) is 0 Å². The number of halogens is 1. The minimum Gasteiger partial charge on any atom is -0.484 e. The molecule has 0 heterocycles. The zero-order valence-corrected chi connectivity index (χ0v) is 13.4. The molecule has 1 amide bonds. The molecule has 0 aliphatic rings. The van der Waals surface area contributed by atoms with Gasteiger partial charge in [-0.2, -0.15) is 0 Å². The second kappa shape index (κ2) is 6.71. The fraction of sp³-hybridized carbons (Fsp3) is 0.105. The molecule has 3 aromatic rings. The van der Waals surface area contributed by atoms with Crippen LogP contribution in [0.1, 0.15) is 5.56 Å². The molecule has 1 N–H and O–H groups in total. The van der Waals surface area contributed by atoms with Crippen molar-refractivity contribution in [2.75, 3.05) is 11.9 Å². The first kappa shape index (κ1) is 15.4. The number of hydrogen-bond donors (Lipinski definition) is 1. The Balaban J connectivity index is 1.63. The second-order valence-electron chi connectivity index (χ2n) is 5.31. The van der Waals surface area contributed by atoms with Gasteiger partial charge in [0.25, 0.3) is 5.91 Å². The van der Waals surface area contributed by atoms with Gasteiger partial charge in [0, 0.05) is 10.7 Å². The summed E-state index contributed by atoms with van der Waals surface area (Å²) in [4.78, 5) is 12.0. The topological polar surface area (TPSA) is 38.3 Å².